The minimum Gasteiger partial charge on any atom is -0.390 e. The molecule has 3 fully saturated rings. The largest absolute Gasteiger partial charge is 0.390 e. The van der Waals surface area contributed by atoms with Crippen LogP contribution in [0, 0.1) is 23.7 Å². The molecule has 3 aliphatic carbocycles. The Morgan fingerprint density at radius 3 is 2.86 bits per heavy atom. The number of aliphatic hydroxyl groups is 1. The number of hydrogen-bond acceptors (Lipinski definition) is 4. The quantitative estimate of drug-likeness (QED) is 0.788. The summed E-state index contributed by atoms with van der Waals surface area (Å²) in [6.45, 7) is 7.38. The lowest BCUT2D eigenvalue weighted by Gasteiger charge is -2.46. The molecule has 1 heterocycles. The molecule has 114 valence electrons. The third-order valence-electron chi connectivity index (χ3n) is 5.69. The average molecular weight is 290 g/mol. The Morgan fingerprint density at radius 2 is 2.14 bits per heavy atom. The molecule has 1 aliphatic heterocycles. The number of hydrogen-bond donors (Lipinski definition) is 1. The van der Waals surface area contributed by atoms with Crippen LogP contribution in [0.5, 0.6) is 0 Å². The van der Waals surface area contributed by atoms with Crippen LogP contribution in [0.1, 0.15) is 26.7 Å². The highest BCUT2D eigenvalue weighted by atomic mass is 16.8. The number of allylic oxidation sites excluding steroid dienone is 2. The highest BCUT2D eigenvalue weighted by molar-refractivity contribution is 5.93. The number of ketones is 1. The smallest absolute Gasteiger partial charge is 0.171 e. The standard InChI is InChI=1S/C17H22O4/c1-4-7-17-14(19)12-10-6-5-9(8-10)11(12)13(18)15(17)20-16(2,3)21-17/h4-6,9-13,15,18H,1,7-8H2,2-3H3/t9-,10+,11-,12+,13-,15+,17-/m1/s1. The maximum atomic E-state index is 13.2. The molecule has 21 heavy (non-hydrogen) atoms. The molecule has 0 radical (unpaired) electrons. The van der Waals surface area contributed by atoms with Crippen molar-refractivity contribution < 1.29 is 19.4 Å². The molecule has 0 unspecified atom stereocenters. The molecular formula is C17H22O4. The van der Waals surface area contributed by atoms with Crippen LogP contribution < -0.4 is 0 Å². The summed E-state index contributed by atoms with van der Waals surface area (Å²) >= 11 is 0. The van der Waals surface area contributed by atoms with Crippen LogP contribution in [0.4, 0.5) is 0 Å². The maximum absolute atomic E-state index is 13.2. The van der Waals surface area contributed by atoms with Gasteiger partial charge in [-0.2, -0.15) is 0 Å². The first-order chi connectivity index (χ1) is 9.89. The molecule has 0 aromatic rings. The van der Waals surface area contributed by atoms with E-state index in [1.807, 2.05) is 0 Å². The van der Waals surface area contributed by atoms with Crippen molar-refractivity contribution in [3.05, 3.63) is 24.8 Å². The monoisotopic (exact) mass is 290 g/mol. The summed E-state index contributed by atoms with van der Waals surface area (Å²) in [6.07, 6.45) is 6.11. The van der Waals surface area contributed by atoms with Gasteiger partial charge in [-0.15, -0.1) is 6.58 Å². The van der Waals surface area contributed by atoms with E-state index in [2.05, 4.69) is 18.7 Å². The highest BCUT2D eigenvalue weighted by Gasteiger charge is 2.70. The molecule has 1 N–H and O–H groups in total. The molecule has 4 rings (SSSR count). The van der Waals surface area contributed by atoms with Gasteiger partial charge in [-0.3, -0.25) is 4.79 Å². The number of rotatable bonds is 2. The summed E-state index contributed by atoms with van der Waals surface area (Å²) in [4.78, 5) is 13.2. The number of Topliss-reactive ketones (excluding diaryl/α,β-unsaturated/α-hetero) is 1. The maximum Gasteiger partial charge on any atom is 0.171 e. The zero-order valence-electron chi connectivity index (χ0n) is 12.5. The van der Waals surface area contributed by atoms with Crippen molar-refractivity contribution in [2.75, 3.05) is 0 Å². The van der Waals surface area contributed by atoms with Gasteiger partial charge in [-0.1, -0.05) is 18.2 Å². The minimum absolute atomic E-state index is 0.0204. The topological polar surface area (TPSA) is 55.8 Å². The summed E-state index contributed by atoms with van der Waals surface area (Å²) in [6, 6.07) is 0. The molecule has 4 aliphatic rings. The summed E-state index contributed by atoms with van der Waals surface area (Å²) in [5.41, 5.74) is -1.07. The van der Waals surface area contributed by atoms with E-state index < -0.39 is 23.6 Å². The number of carbonyl (C=O) groups is 1. The minimum atomic E-state index is -1.07. The number of carbonyl (C=O) groups excluding carboxylic acids is 1. The molecule has 4 nitrogen and oxygen atoms in total. The van der Waals surface area contributed by atoms with Crippen molar-refractivity contribution in [3.63, 3.8) is 0 Å². The Kier molecular flexibility index (Phi) is 2.64. The van der Waals surface area contributed by atoms with Gasteiger partial charge in [0.25, 0.3) is 0 Å². The zero-order valence-corrected chi connectivity index (χ0v) is 12.5. The van der Waals surface area contributed by atoms with E-state index >= 15 is 0 Å². The number of aliphatic hydroxyl groups excluding tert-OH is 1. The molecule has 4 heteroatoms. The molecule has 7 atom stereocenters. The van der Waals surface area contributed by atoms with Crippen LogP contribution in [-0.2, 0) is 14.3 Å². The third kappa shape index (κ3) is 1.58. The van der Waals surface area contributed by atoms with Crippen molar-refractivity contribution in [1.82, 2.24) is 0 Å². The average Bonchev–Trinajstić information content (AvgIpc) is 3.07. The lowest BCUT2D eigenvalue weighted by atomic mass is 9.63. The van der Waals surface area contributed by atoms with Gasteiger partial charge in [0.2, 0.25) is 0 Å². The zero-order chi connectivity index (χ0) is 15.0. The Bertz CT molecular complexity index is 537. The van der Waals surface area contributed by atoms with Gasteiger partial charge in [-0.05, 0) is 32.1 Å². The molecule has 0 aromatic carbocycles. The van der Waals surface area contributed by atoms with Gasteiger partial charge >= 0.3 is 0 Å². The van der Waals surface area contributed by atoms with E-state index in [1.165, 1.54) is 0 Å². The first-order valence-corrected chi connectivity index (χ1v) is 7.79. The number of ether oxygens (including phenoxy) is 2. The fourth-order valence-electron chi connectivity index (χ4n) is 5.11. The molecule has 2 bridgehead atoms. The molecular weight excluding hydrogens is 268 g/mol. The normalized spacial score (nSPS) is 52.8. The molecule has 2 saturated carbocycles. The van der Waals surface area contributed by atoms with Crippen LogP contribution in [-0.4, -0.2) is 34.5 Å². The second kappa shape index (κ2) is 4.06. The Morgan fingerprint density at radius 1 is 1.43 bits per heavy atom. The Hall–Kier alpha value is -0.970. The summed E-state index contributed by atoms with van der Waals surface area (Å²) in [7, 11) is 0. The van der Waals surface area contributed by atoms with Gasteiger partial charge in [0.15, 0.2) is 17.2 Å². The fraction of sp³-hybridized carbons (Fsp3) is 0.706. The van der Waals surface area contributed by atoms with Gasteiger partial charge in [-0.25, -0.2) is 0 Å². The summed E-state index contributed by atoms with van der Waals surface area (Å²) < 4.78 is 12.0. The van der Waals surface area contributed by atoms with E-state index in [-0.39, 0.29) is 23.5 Å². The van der Waals surface area contributed by atoms with Crippen molar-refractivity contribution in [2.24, 2.45) is 23.7 Å². The van der Waals surface area contributed by atoms with E-state index in [0.29, 0.717) is 12.3 Å². The first kappa shape index (κ1) is 13.7. The highest BCUT2D eigenvalue weighted by Crippen LogP contribution is 2.58. The molecule has 0 aromatic heterocycles. The summed E-state index contributed by atoms with van der Waals surface area (Å²) in [5.74, 6) is -0.359. The lowest BCUT2D eigenvalue weighted by Crippen LogP contribution is -2.63. The molecule has 0 spiro atoms. The van der Waals surface area contributed by atoms with Crippen LogP contribution in [0.3, 0.4) is 0 Å². The fourth-order valence-corrected chi connectivity index (χ4v) is 5.11. The third-order valence-corrected chi connectivity index (χ3v) is 5.69. The van der Waals surface area contributed by atoms with Gasteiger partial charge < -0.3 is 14.6 Å². The van der Waals surface area contributed by atoms with Gasteiger partial charge in [0.05, 0.1) is 6.10 Å². The summed E-state index contributed by atoms with van der Waals surface area (Å²) in [5, 5.41) is 10.9. The van der Waals surface area contributed by atoms with E-state index in [0.717, 1.165) is 6.42 Å². The van der Waals surface area contributed by atoms with Gasteiger partial charge in [0.1, 0.15) is 6.10 Å². The van der Waals surface area contributed by atoms with Gasteiger partial charge in [0, 0.05) is 18.3 Å². The SMILES string of the molecule is C=CC[C@]12OC(C)(C)O[C@H]1[C@H](O)[C@H]1[C@@H](C2=O)[C@H]2C=C[C@@H]1C2. The number of fused-ring (bicyclic) bond motifs is 6. The second-order valence-corrected chi connectivity index (χ2v) is 7.33. The lowest BCUT2D eigenvalue weighted by molar-refractivity contribution is -0.175. The predicted molar refractivity (Wildman–Crippen MR) is 76.3 cm³/mol. The Balaban J connectivity index is 1.81. The Labute approximate surface area is 124 Å². The molecule has 0 amide bonds. The van der Waals surface area contributed by atoms with Crippen molar-refractivity contribution in [1.29, 1.82) is 0 Å². The first-order valence-electron chi connectivity index (χ1n) is 7.79. The van der Waals surface area contributed by atoms with Crippen LogP contribution >= 0.6 is 0 Å². The van der Waals surface area contributed by atoms with Crippen molar-refractivity contribution >= 4 is 5.78 Å². The van der Waals surface area contributed by atoms with Crippen LogP contribution in [0.15, 0.2) is 24.8 Å². The van der Waals surface area contributed by atoms with Crippen LogP contribution in [0.25, 0.3) is 0 Å². The molecule has 1 saturated heterocycles. The predicted octanol–water partition coefficient (Wildman–Crippen LogP) is 1.83. The van der Waals surface area contributed by atoms with E-state index in [9.17, 15) is 9.90 Å². The van der Waals surface area contributed by atoms with E-state index in [4.69, 9.17) is 9.47 Å². The van der Waals surface area contributed by atoms with E-state index in [1.54, 1.807) is 19.9 Å². The van der Waals surface area contributed by atoms with Crippen LogP contribution in [0.2, 0.25) is 0 Å². The van der Waals surface area contributed by atoms with Crippen molar-refractivity contribution in [2.45, 2.75) is 50.3 Å². The van der Waals surface area contributed by atoms with Crippen molar-refractivity contribution in [3.8, 4) is 0 Å². The second-order valence-electron chi connectivity index (χ2n) is 7.33.